The van der Waals surface area contributed by atoms with Crippen LogP contribution in [-0.2, 0) is 9.84 Å². The summed E-state index contributed by atoms with van der Waals surface area (Å²) in [6.45, 7) is 2.64. The maximum Gasteiger partial charge on any atom is 0.149 e. The van der Waals surface area contributed by atoms with E-state index in [-0.39, 0.29) is 11.8 Å². The zero-order chi connectivity index (χ0) is 12.2. The normalized spacial score (nSPS) is 13.7. The van der Waals surface area contributed by atoms with Gasteiger partial charge in [-0.15, -0.1) is 0 Å². The number of rotatable bonds is 5. The smallest absolute Gasteiger partial charge is 0.149 e. The second kappa shape index (κ2) is 5.66. The van der Waals surface area contributed by atoms with Crippen LogP contribution >= 0.6 is 11.6 Å². The Labute approximate surface area is 102 Å². The molecule has 1 aromatic carbocycles. The Bertz CT molecular complexity index is 445. The van der Waals surface area contributed by atoms with E-state index in [9.17, 15) is 8.42 Å². The topological polar surface area (TPSA) is 46.2 Å². The van der Waals surface area contributed by atoms with Crippen LogP contribution in [0.1, 0.15) is 18.5 Å². The summed E-state index contributed by atoms with van der Waals surface area (Å²) >= 11 is 6.05. The van der Waals surface area contributed by atoms with Gasteiger partial charge in [-0.05, 0) is 18.2 Å². The summed E-state index contributed by atoms with van der Waals surface area (Å²) in [5.74, 6) is 0.0601. The molecule has 90 valence electrons. The molecule has 0 bridgehead atoms. The molecule has 1 atom stereocenters. The van der Waals surface area contributed by atoms with E-state index < -0.39 is 9.84 Å². The van der Waals surface area contributed by atoms with Gasteiger partial charge in [0.2, 0.25) is 0 Å². The molecule has 1 unspecified atom stereocenters. The molecular formula is C11H16ClNO2S. The minimum Gasteiger partial charge on any atom is -0.309 e. The van der Waals surface area contributed by atoms with Crippen LogP contribution in [0.3, 0.4) is 0 Å². The summed E-state index contributed by atoms with van der Waals surface area (Å²) in [6.07, 6.45) is 1.23. The lowest BCUT2D eigenvalue weighted by atomic mass is 10.1. The standard InChI is InChI=1S/C11H16ClNO2S/c1-3-13-11(8-16(2,14)15)9-6-4-5-7-10(9)12/h4-7,11,13H,3,8H2,1-2H3. The lowest BCUT2D eigenvalue weighted by molar-refractivity contribution is 0.563. The summed E-state index contributed by atoms with van der Waals surface area (Å²) in [6, 6.07) is 7.06. The zero-order valence-corrected chi connectivity index (χ0v) is 11.0. The molecule has 0 fully saturated rings. The van der Waals surface area contributed by atoms with E-state index in [1.54, 1.807) is 6.07 Å². The van der Waals surface area contributed by atoms with Crippen LogP contribution < -0.4 is 5.32 Å². The van der Waals surface area contributed by atoms with Gasteiger partial charge in [0, 0.05) is 17.3 Å². The number of hydrogen-bond acceptors (Lipinski definition) is 3. The number of benzene rings is 1. The lowest BCUT2D eigenvalue weighted by Gasteiger charge is -2.18. The molecule has 0 aliphatic rings. The Hall–Kier alpha value is -0.580. The van der Waals surface area contributed by atoms with Crippen LogP contribution in [0.2, 0.25) is 5.02 Å². The molecule has 0 aliphatic carbocycles. The Balaban J connectivity index is 2.98. The zero-order valence-electron chi connectivity index (χ0n) is 9.40. The van der Waals surface area contributed by atoms with Crippen molar-refractivity contribution in [1.29, 1.82) is 0 Å². The van der Waals surface area contributed by atoms with Crippen LogP contribution in [0, 0.1) is 0 Å². The van der Waals surface area contributed by atoms with Crippen LogP contribution in [0.4, 0.5) is 0 Å². The highest BCUT2D eigenvalue weighted by Gasteiger charge is 2.18. The minimum absolute atomic E-state index is 0.0601. The van der Waals surface area contributed by atoms with E-state index in [4.69, 9.17) is 11.6 Å². The molecule has 0 saturated heterocycles. The summed E-state index contributed by atoms with van der Waals surface area (Å²) in [4.78, 5) is 0. The van der Waals surface area contributed by atoms with Crippen molar-refractivity contribution < 1.29 is 8.42 Å². The first-order valence-electron chi connectivity index (χ1n) is 5.09. The monoisotopic (exact) mass is 261 g/mol. The van der Waals surface area contributed by atoms with E-state index in [0.717, 1.165) is 5.56 Å². The fraction of sp³-hybridized carbons (Fsp3) is 0.455. The van der Waals surface area contributed by atoms with Crippen molar-refractivity contribution in [2.45, 2.75) is 13.0 Å². The van der Waals surface area contributed by atoms with Gasteiger partial charge in [0.25, 0.3) is 0 Å². The molecule has 0 aliphatic heterocycles. The molecule has 16 heavy (non-hydrogen) atoms. The number of sulfone groups is 1. The summed E-state index contributed by atoms with van der Waals surface area (Å²) in [5, 5.41) is 3.73. The molecule has 1 N–H and O–H groups in total. The van der Waals surface area contributed by atoms with Gasteiger partial charge in [-0.2, -0.15) is 0 Å². The van der Waals surface area contributed by atoms with Crippen molar-refractivity contribution in [3.05, 3.63) is 34.9 Å². The number of hydrogen-bond donors (Lipinski definition) is 1. The Morgan fingerprint density at radius 2 is 2.00 bits per heavy atom. The van der Waals surface area contributed by atoms with Gasteiger partial charge in [-0.3, -0.25) is 0 Å². The molecule has 1 rings (SSSR count). The van der Waals surface area contributed by atoms with Gasteiger partial charge in [0.15, 0.2) is 0 Å². The van der Waals surface area contributed by atoms with E-state index in [0.29, 0.717) is 11.6 Å². The third-order valence-corrected chi connectivity index (χ3v) is 3.48. The molecule has 5 heteroatoms. The second-order valence-corrected chi connectivity index (χ2v) is 6.32. The average Bonchev–Trinajstić information content (AvgIpc) is 2.16. The maximum atomic E-state index is 11.3. The molecular weight excluding hydrogens is 246 g/mol. The Morgan fingerprint density at radius 1 is 1.38 bits per heavy atom. The van der Waals surface area contributed by atoms with Crippen molar-refractivity contribution in [1.82, 2.24) is 5.32 Å². The molecule has 1 aromatic rings. The first kappa shape index (κ1) is 13.5. The fourth-order valence-corrected chi connectivity index (χ4v) is 2.74. The van der Waals surface area contributed by atoms with Crippen molar-refractivity contribution >= 4 is 21.4 Å². The van der Waals surface area contributed by atoms with E-state index >= 15 is 0 Å². The average molecular weight is 262 g/mol. The second-order valence-electron chi connectivity index (χ2n) is 3.72. The molecule has 0 saturated carbocycles. The number of nitrogens with one attached hydrogen (secondary N) is 1. The SMILES string of the molecule is CCNC(CS(C)(=O)=O)c1ccccc1Cl. The van der Waals surface area contributed by atoms with Crippen LogP contribution in [-0.4, -0.2) is 27.0 Å². The largest absolute Gasteiger partial charge is 0.309 e. The van der Waals surface area contributed by atoms with Crippen LogP contribution in [0.15, 0.2) is 24.3 Å². The molecule has 3 nitrogen and oxygen atoms in total. The summed E-state index contributed by atoms with van der Waals surface area (Å²) in [5.41, 5.74) is 0.830. The Kier molecular flexibility index (Phi) is 4.77. The van der Waals surface area contributed by atoms with E-state index in [2.05, 4.69) is 5.32 Å². The van der Waals surface area contributed by atoms with E-state index in [1.807, 2.05) is 25.1 Å². The third kappa shape index (κ3) is 4.12. The Morgan fingerprint density at radius 3 is 2.50 bits per heavy atom. The van der Waals surface area contributed by atoms with Crippen molar-refractivity contribution in [3.63, 3.8) is 0 Å². The minimum atomic E-state index is -3.03. The van der Waals surface area contributed by atoms with Crippen LogP contribution in [0.5, 0.6) is 0 Å². The molecule has 0 amide bonds. The number of halogens is 1. The first-order valence-corrected chi connectivity index (χ1v) is 7.53. The highest BCUT2D eigenvalue weighted by Crippen LogP contribution is 2.23. The van der Waals surface area contributed by atoms with Crippen LogP contribution in [0.25, 0.3) is 0 Å². The quantitative estimate of drug-likeness (QED) is 0.882. The highest BCUT2D eigenvalue weighted by atomic mass is 35.5. The van der Waals surface area contributed by atoms with Gasteiger partial charge in [-0.25, -0.2) is 8.42 Å². The maximum absolute atomic E-state index is 11.3. The highest BCUT2D eigenvalue weighted by molar-refractivity contribution is 7.90. The van der Waals surface area contributed by atoms with Crippen molar-refractivity contribution in [3.8, 4) is 0 Å². The summed E-state index contributed by atoms with van der Waals surface area (Å²) in [7, 11) is -3.03. The van der Waals surface area contributed by atoms with Gasteiger partial charge < -0.3 is 5.32 Å². The first-order chi connectivity index (χ1) is 7.44. The summed E-state index contributed by atoms with van der Waals surface area (Å²) < 4.78 is 22.6. The van der Waals surface area contributed by atoms with Crippen molar-refractivity contribution in [2.75, 3.05) is 18.6 Å². The molecule has 0 radical (unpaired) electrons. The third-order valence-electron chi connectivity index (χ3n) is 2.20. The molecule has 0 heterocycles. The predicted molar refractivity (Wildman–Crippen MR) is 67.6 cm³/mol. The fourth-order valence-electron chi connectivity index (χ4n) is 1.57. The molecule has 0 spiro atoms. The van der Waals surface area contributed by atoms with Gasteiger partial charge in [-0.1, -0.05) is 36.7 Å². The van der Waals surface area contributed by atoms with Gasteiger partial charge in [0.1, 0.15) is 9.84 Å². The predicted octanol–water partition coefficient (Wildman–Crippen LogP) is 2.04. The van der Waals surface area contributed by atoms with Gasteiger partial charge >= 0.3 is 0 Å². The van der Waals surface area contributed by atoms with Gasteiger partial charge in [0.05, 0.1) is 5.75 Å². The van der Waals surface area contributed by atoms with Crippen molar-refractivity contribution in [2.24, 2.45) is 0 Å². The van der Waals surface area contributed by atoms with E-state index in [1.165, 1.54) is 6.26 Å². The molecule has 0 aromatic heterocycles. The lowest BCUT2D eigenvalue weighted by Crippen LogP contribution is -2.27.